The van der Waals surface area contributed by atoms with Gasteiger partial charge in [0.15, 0.2) is 5.16 Å². The number of carbonyl (C=O) groups is 1. The average Bonchev–Trinajstić information content (AvgIpc) is 3.53. The molecule has 7 heteroatoms. The number of rotatable bonds is 9. The van der Waals surface area contributed by atoms with Crippen molar-refractivity contribution in [1.82, 2.24) is 25.0 Å². The number of hydrogen-bond acceptors (Lipinski definition) is 5. The fourth-order valence-corrected chi connectivity index (χ4v) is 4.69. The smallest absolute Gasteiger partial charge is 0.230 e. The lowest BCUT2D eigenvalue weighted by molar-refractivity contribution is -0.119. The highest BCUT2D eigenvalue weighted by Gasteiger charge is 2.29. The summed E-state index contributed by atoms with van der Waals surface area (Å²) in [6.07, 6.45) is 6.31. The van der Waals surface area contributed by atoms with Crippen LogP contribution in [0.4, 0.5) is 0 Å². The zero-order valence-electron chi connectivity index (χ0n) is 17.2. The fourth-order valence-electron chi connectivity index (χ4n) is 3.92. The quantitative estimate of drug-likeness (QED) is 0.639. The van der Waals surface area contributed by atoms with Crippen molar-refractivity contribution in [2.24, 2.45) is 5.92 Å². The van der Waals surface area contributed by atoms with Gasteiger partial charge in [0, 0.05) is 6.04 Å². The molecule has 1 aromatic heterocycles. The number of aromatic nitrogens is 3. The number of hydrogen-bond donors (Lipinski definition) is 1. The zero-order chi connectivity index (χ0) is 20.1. The summed E-state index contributed by atoms with van der Waals surface area (Å²) in [5.41, 5.74) is 1.22. The molecule has 1 aliphatic heterocycles. The van der Waals surface area contributed by atoms with E-state index in [9.17, 15) is 4.79 Å². The van der Waals surface area contributed by atoms with Gasteiger partial charge in [-0.1, -0.05) is 48.5 Å². The Balaban J connectivity index is 1.43. The molecule has 1 aliphatic carbocycles. The number of thioether (sulfide) groups is 1. The van der Waals surface area contributed by atoms with Crippen LogP contribution in [0, 0.1) is 5.92 Å². The molecule has 4 rings (SSSR count). The summed E-state index contributed by atoms with van der Waals surface area (Å²) >= 11 is 1.49. The van der Waals surface area contributed by atoms with Crippen molar-refractivity contribution in [3.05, 3.63) is 41.7 Å². The second kappa shape index (κ2) is 9.76. The molecule has 2 aliphatic rings. The first-order valence-corrected chi connectivity index (χ1v) is 11.8. The lowest BCUT2D eigenvalue weighted by Gasteiger charge is -2.26. The minimum absolute atomic E-state index is 0.0845. The monoisotopic (exact) mass is 413 g/mol. The Labute approximate surface area is 177 Å². The summed E-state index contributed by atoms with van der Waals surface area (Å²) in [5, 5.41) is 12.9. The maximum absolute atomic E-state index is 12.4. The van der Waals surface area contributed by atoms with Crippen LogP contribution in [0.2, 0.25) is 0 Å². The van der Waals surface area contributed by atoms with Crippen LogP contribution >= 0.6 is 11.8 Å². The van der Waals surface area contributed by atoms with Crippen molar-refractivity contribution in [2.45, 2.75) is 63.3 Å². The fraction of sp³-hybridized carbons (Fsp3) is 0.591. The van der Waals surface area contributed by atoms with Crippen molar-refractivity contribution >= 4 is 17.7 Å². The van der Waals surface area contributed by atoms with Gasteiger partial charge in [0.25, 0.3) is 0 Å². The minimum atomic E-state index is 0.0845. The van der Waals surface area contributed by atoms with Gasteiger partial charge in [-0.25, -0.2) is 0 Å². The van der Waals surface area contributed by atoms with E-state index in [2.05, 4.69) is 56.2 Å². The number of likely N-dealkylation sites (tertiary alicyclic amines) is 1. The predicted molar refractivity (Wildman–Crippen MR) is 116 cm³/mol. The molecule has 0 spiro atoms. The van der Waals surface area contributed by atoms with Gasteiger partial charge >= 0.3 is 0 Å². The van der Waals surface area contributed by atoms with Gasteiger partial charge in [-0.15, -0.1) is 10.2 Å². The molecule has 2 heterocycles. The summed E-state index contributed by atoms with van der Waals surface area (Å²) in [6, 6.07) is 10.7. The lowest BCUT2D eigenvalue weighted by Crippen LogP contribution is -2.35. The van der Waals surface area contributed by atoms with E-state index >= 15 is 0 Å². The number of nitrogens with one attached hydrogen (secondary N) is 1. The van der Waals surface area contributed by atoms with Crippen molar-refractivity contribution in [3.63, 3.8) is 0 Å². The van der Waals surface area contributed by atoms with E-state index in [1.54, 1.807) is 0 Å². The van der Waals surface area contributed by atoms with Gasteiger partial charge in [0.2, 0.25) is 5.91 Å². The SMILES string of the molecule is CC(NC(=O)CSc1nnc(CN2CCCCC2)n1Cc1ccccc1)C1CC1. The maximum Gasteiger partial charge on any atom is 0.230 e. The van der Waals surface area contributed by atoms with Crippen LogP contribution in [-0.2, 0) is 17.9 Å². The number of nitrogens with zero attached hydrogens (tertiary/aromatic N) is 4. The Kier molecular flexibility index (Phi) is 6.87. The standard InChI is InChI=1S/C22H31N5OS/c1-17(19-10-11-19)23-21(28)16-29-22-25-24-20(15-26-12-6-3-7-13-26)27(22)14-18-8-4-2-5-9-18/h2,4-5,8-9,17,19H,3,6-7,10-16H2,1H3,(H,23,28). The highest BCUT2D eigenvalue weighted by Crippen LogP contribution is 2.32. The van der Waals surface area contributed by atoms with Crippen LogP contribution in [0.5, 0.6) is 0 Å². The van der Waals surface area contributed by atoms with Crippen molar-refractivity contribution in [3.8, 4) is 0 Å². The summed E-state index contributed by atoms with van der Waals surface area (Å²) in [6.45, 7) is 5.92. The van der Waals surface area contributed by atoms with E-state index in [1.807, 2.05) is 6.07 Å². The third-order valence-corrected chi connectivity index (χ3v) is 6.81. The number of piperidine rings is 1. The van der Waals surface area contributed by atoms with Gasteiger partial charge < -0.3 is 9.88 Å². The Morgan fingerprint density at radius 2 is 1.90 bits per heavy atom. The van der Waals surface area contributed by atoms with Crippen LogP contribution in [0.15, 0.2) is 35.5 Å². The topological polar surface area (TPSA) is 63.1 Å². The second-order valence-corrected chi connectivity index (χ2v) is 9.23. The van der Waals surface area contributed by atoms with Gasteiger partial charge in [0.1, 0.15) is 5.82 Å². The van der Waals surface area contributed by atoms with E-state index in [0.29, 0.717) is 11.7 Å². The highest BCUT2D eigenvalue weighted by molar-refractivity contribution is 7.99. The van der Waals surface area contributed by atoms with Crippen LogP contribution in [0.3, 0.4) is 0 Å². The third kappa shape index (κ3) is 5.82. The molecule has 29 heavy (non-hydrogen) atoms. The third-order valence-electron chi connectivity index (χ3n) is 5.84. The number of benzene rings is 1. The lowest BCUT2D eigenvalue weighted by atomic mass is 10.1. The maximum atomic E-state index is 12.4. The highest BCUT2D eigenvalue weighted by atomic mass is 32.2. The van der Waals surface area contributed by atoms with Crippen molar-refractivity contribution in [2.75, 3.05) is 18.8 Å². The van der Waals surface area contributed by atoms with E-state index in [-0.39, 0.29) is 11.9 Å². The molecule has 1 N–H and O–H groups in total. The second-order valence-electron chi connectivity index (χ2n) is 8.29. The number of amides is 1. The molecule has 6 nitrogen and oxygen atoms in total. The van der Waals surface area contributed by atoms with Crippen molar-refractivity contribution in [1.29, 1.82) is 0 Å². The molecule has 1 saturated heterocycles. The normalized spacial score (nSPS) is 18.5. The van der Waals surface area contributed by atoms with E-state index in [1.165, 1.54) is 49.4 Å². The van der Waals surface area contributed by atoms with Crippen LogP contribution < -0.4 is 5.32 Å². The summed E-state index contributed by atoms with van der Waals surface area (Å²) < 4.78 is 2.19. The predicted octanol–water partition coefficient (Wildman–Crippen LogP) is 3.32. The summed E-state index contributed by atoms with van der Waals surface area (Å²) in [5.74, 6) is 2.13. The minimum Gasteiger partial charge on any atom is -0.353 e. The molecular formula is C22H31N5OS. The van der Waals surface area contributed by atoms with Crippen LogP contribution in [0.25, 0.3) is 0 Å². The molecule has 0 radical (unpaired) electrons. The van der Waals surface area contributed by atoms with E-state index in [0.717, 1.165) is 37.2 Å². The van der Waals surface area contributed by atoms with Gasteiger partial charge in [-0.2, -0.15) is 0 Å². The van der Waals surface area contributed by atoms with Crippen molar-refractivity contribution < 1.29 is 4.79 Å². The Bertz CT molecular complexity index is 799. The van der Waals surface area contributed by atoms with Crippen LogP contribution in [-0.4, -0.2) is 50.5 Å². The first kappa shape index (κ1) is 20.4. The summed E-state index contributed by atoms with van der Waals surface area (Å²) in [4.78, 5) is 14.8. The first-order chi connectivity index (χ1) is 14.2. The number of carbonyl (C=O) groups excluding carboxylic acids is 1. The van der Waals surface area contributed by atoms with E-state index in [4.69, 9.17) is 0 Å². The molecule has 156 valence electrons. The van der Waals surface area contributed by atoms with Gasteiger partial charge in [-0.3, -0.25) is 9.69 Å². The average molecular weight is 414 g/mol. The summed E-state index contributed by atoms with van der Waals surface area (Å²) in [7, 11) is 0. The van der Waals surface area contributed by atoms with E-state index < -0.39 is 0 Å². The molecule has 2 fully saturated rings. The molecule has 1 unspecified atom stereocenters. The van der Waals surface area contributed by atoms with Gasteiger partial charge in [0.05, 0.1) is 18.8 Å². The molecular weight excluding hydrogens is 382 g/mol. The Morgan fingerprint density at radius 3 is 2.62 bits per heavy atom. The zero-order valence-corrected chi connectivity index (χ0v) is 18.0. The molecule has 1 aromatic carbocycles. The Morgan fingerprint density at radius 1 is 1.14 bits per heavy atom. The molecule has 1 saturated carbocycles. The van der Waals surface area contributed by atoms with Crippen LogP contribution in [0.1, 0.15) is 50.4 Å². The molecule has 2 aromatic rings. The molecule has 0 bridgehead atoms. The molecule has 1 atom stereocenters. The first-order valence-electron chi connectivity index (χ1n) is 10.8. The largest absolute Gasteiger partial charge is 0.353 e. The Hall–Kier alpha value is -1.86. The van der Waals surface area contributed by atoms with Gasteiger partial charge in [-0.05, 0) is 57.2 Å². The molecule has 1 amide bonds.